The molecule has 1 N–H and O–H groups in total. The molecule has 1 aromatic rings. The Morgan fingerprint density at radius 2 is 2.11 bits per heavy atom. The van der Waals surface area contributed by atoms with Crippen LogP contribution < -0.4 is 0 Å². The number of hydrogen-bond donors (Lipinski definition) is 1. The van der Waals surface area contributed by atoms with Crippen LogP contribution in [0.25, 0.3) is 6.08 Å². The summed E-state index contributed by atoms with van der Waals surface area (Å²) in [6, 6.07) is 9.79. The minimum Gasteiger partial charge on any atom is -0.477 e. The van der Waals surface area contributed by atoms with Crippen LogP contribution >= 0.6 is 0 Å². The number of carbonyl (C=O) groups is 1. The molecular formula is C15H19NO3. The van der Waals surface area contributed by atoms with Crippen molar-refractivity contribution in [2.24, 2.45) is 11.1 Å². The molecule has 4 nitrogen and oxygen atoms in total. The third-order valence-corrected chi connectivity index (χ3v) is 2.74. The Bertz CT molecular complexity index is 452. The molecule has 0 radical (unpaired) electrons. The van der Waals surface area contributed by atoms with Gasteiger partial charge in [0.1, 0.15) is 6.61 Å². The molecule has 1 aromatic carbocycles. The smallest absolute Gasteiger partial charge is 0.353 e. The fourth-order valence-corrected chi connectivity index (χ4v) is 1.43. The van der Waals surface area contributed by atoms with E-state index in [0.29, 0.717) is 6.42 Å². The van der Waals surface area contributed by atoms with Gasteiger partial charge < -0.3 is 9.94 Å². The van der Waals surface area contributed by atoms with Crippen LogP contribution in [-0.4, -0.2) is 23.4 Å². The first kappa shape index (κ1) is 15.0. The zero-order valence-corrected chi connectivity index (χ0v) is 11.2. The first-order chi connectivity index (χ1) is 9.15. The minimum absolute atomic E-state index is 0.0654. The zero-order valence-electron chi connectivity index (χ0n) is 11.2. The molecule has 1 unspecified atom stereocenters. The zero-order chi connectivity index (χ0) is 14.1. The molecule has 0 aliphatic heterocycles. The Balaban J connectivity index is 2.48. The molecule has 1 rings (SSSR count). The molecule has 0 saturated carbocycles. The van der Waals surface area contributed by atoms with E-state index in [1.165, 1.54) is 0 Å². The van der Waals surface area contributed by atoms with Crippen molar-refractivity contribution in [2.75, 3.05) is 6.61 Å². The van der Waals surface area contributed by atoms with Crippen LogP contribution in [-0.2, 0) is 9.63 Å². The van der Waals surface area contributed by atoms with Gasteiger partial charge in [0.25, 0.3) is 0 Å². The average molecular weight is 261 g/mol. The molecule has 0 amide bonds. The predicted octanol–water partition coefficient (Wildman–Crippen LogP) is 3.20. The molecule has 0 bridgehead atoms. The first-order valence-electron chi connectivity index (χ1n) is 6.29. The topological polar surface area (TPSA) is 58.9 Å². The predicted molar refractivity (Wildman–Crippen MR) is 76.0 cm³/mol. The summed E-state index contributed by atoms with van der Waals surface area (Å²) in [4.78, 5) is 16.0. The minimum atomic E-state index is -1.03. The molecule has 0 aliphatic carbocycles. The lowest BCUT2D eigenvalue weighted by molar-refractivity contribution is -0.129. The lowest BCUT2D eigenvalue weighted by Gasteiger charge is -2.07. The molecule has 4 heteroatoms. The normalized spacial score (nSPS) is 13.5. The summed E-state index contributed by atoms with van der Waals surface area (Å²) in [5.74, 6) is -1.14. The van der Waals surface area contributed by atoms with Gasteiger partial charge in [0, 0.05) is 5.92 Å². The van der Waals surface area contributed by atoms with E-state index in [9.17, 15) is 4.79 Å². The monoisotopic (exact) mass is 261 g/mol. The summed E-state index contributed by atoms with van der Waals surface area (Å²) in [6.45, 7) is 3.98. The highest BCUT2D eigenvalue weighted by atomic mass is 16.6. The summed E-state index contributed by atoms with van der Waals surface area (Å²) in [5, 5.41) is 12.7. The van der Waals surface area contributed by atoms with Crippen LogP contribution in [0, 0.1) is 5.92 Å². The largest absolute Gasteiger partial charge is 0.477 e. The van der Waals surface area contributed by atoms with Gasteiger partial charge in [0.2, 0.25) is 0 Å². The van der Waals surface area contributed by atoms with Crippen LogP contribution in [0.4, 0.5) is 0 Å². The van der Waals surface area contributed by atoms with Crippen molar-refractivity contribution in [1.29, 1.82) is 0 Å². The van der Waals surface area contributed by atoms with E-state index >= 15 is 0 Å². The lowest BCUT2D eigenvalue weighted by atomic mass is 10.0. The lowest BCUT2D eigenvalue weighted by Crippen LogP contribution is -2.21. The first-order valence-corrected chi connectivity index (χ1v) is 6.29. The molecule has 0 heterocycles. The third kappa shape index (κ3) is 5.38. The van der Waals surface area contributed by atoms with Crippen molar-refractivity contribution < 1.29 is 14.7 Å². The maximum absolute atomic E-state index is 11.0. The Labute approximate surface area is 113 Å². The molecule has 0 aliphatic rings. The Morgan fingerprint density at radius 1 is 1.42 bits per heavy atom. The molecule has 0 fully saturated rings. The second-order valence-electron chi connectivity index (χ2n) is 4.20. The standard InChI is InChI=1S/C15H19NO3/c1-3-12(2)14(15(17)18)16-19-11-7-10-13-8-5-4-6-9-13/h4-10,12H,3,11H2,1-2H3,(H,17,18). The number of oxime groups is 1. The second-order valence-corrected chi connectivity index (χ2v) is 4.20. The van der Waals surface area contributed by atoms with Crippen molar-refractivity contribution in [3.63, 3.8) is 0 Å². The fourth-order valence-electron chi connectivity index (χ4n) is 1.43. The Hall–Kier alpha value is -2.10. The summed E-state index contributed by atoms with van der Waals surface area (Å²) < 4.78 is 0. The van der Waals surface area contributed by atoms with E-state index in [1.807, 2.05) is 50.3 Å². The quantitative estimate of drug-likeness (QED) is 0.466. The number of hydrogen-bond acceptors (Lipinski definition) is 3. The van der Waals surface area contributed by atoms with Crippen molar-refractivity contribution in [1.82, 2.24) is 0 Å². The van der Waals surface area contributed by atoms with Gasteiger partial charge in [-0.15, -0.1) is 0 Å². The van der Waals surface area contributed by atoms with Crippen molar-refractivity contribution in [2.45, 2.75) is 20.3 Å². The highest BCUT2D eigenvalue weighted by Crippen LogP contribution is 2.05. The number of carboxylic acids is 1. The summed E-state index contributed by atoms with van der Waals surface area (Å²) in [7, 11) is 0. The summed E-state index contributed by atoms with van der Waals surface area (Å²) in [6.07, 6.45) is 4.42. The van der Waals surface area contributed by atoms with E-state index in [0.717, 1.165) is 5.56 Å². The third-order valence-electron chi connectivity index (χ3n) is 2.74. The summed E-state index contributed by atoms with van der Waals surface area (Å²) >= 11 is 0. The van der Waals surface area contributed by atoms with Gasteiger partial charge in [0.05, 0.1) is 0 Å². The number of aliphatic carboxylic acids is 1. The number of rotatable bonds is 7. The molecule has 102 valence electrons. The van der Waals surface area contributed by atoms with Crippen molar-refractivity contribution in [3.8, 4) is 0 Å². The fraction of sp³-hybridized carbons (Fsp3) is 0.333. The Kier molecular flexibility index (Phi) is 6.36. The van der Waals surface area contributed by atoms with Crippen LogP contribution in [0.5, 0.6) is 0 Å². The van der Waals surface area contributed by atoms with E-state index in [-0.39, 0.29) is 18.2 Å². The van der Waals surface area contributed by atoms with Crippen molar-refractivity contribution >= 4 is 17.8 Å². The van der Waals surface area contributed by atoms with Crippen LogP contribution in [0.15, 0.2) is 41.6 Å². The van der Waals surface area contributed by atoms with E-state index in [1.54, 1.807) is 6.08 Å². The number of benzene rings is 1. The maximum Gasteiger partial charge on any atom is 0.353 e. The van der Waals surface area contributed by atoms with Gasteiger partial charge in [-0.25, -0.2) is 4.79 Å². The van der Waals surface area contributed by atoms with Crippen molar-refractivity contribution in [3.05, 3.63) is 42.0 Å². The van der Waals surface area contributed by atoms with Gasteiger partial charge in [-0.1, -0.05) is 55.4 Å². The van der Waals surface area contributed by atoms with Gasteiger partial charge in [-0.3, -0.25) is 0 Å². The molecular weight excluding hydrogens is 242 g/mol. The number of carboxylic acid groups (broad SMARTS) is 1. The van der Waals surface area contributed by atoms with E-state index in [2.05, 4.69) is 5.16 Å². The van der Waals surface area contributed by atoms with Gasteiger partial charge >= 0.3 is 5.97 Å². The molecule has 0 aromatic heterocycles. The average Bonchev–Trinajstić information content (AvgIpc) is 2.42. The van der Waals surface area contributed by atoms with Crippen LogP contribution in [0.3, 0.4) is 0 Å². The molecule has 19 heavy (non-hydrogen) atoms. The van der Waals surface area contributed by atoms with Crippen LogP contribution in [0.1, 0.15) is 25.8 Å². The highest BCUT2D eigenvalue weighted by Gasteiger charge is 2.17. The molecule has 0 spiro atoms. The van der Waals surface area contributed by atoms with E-state index < -0.39 is 5.97 Å². The SMILES string of the molecule is CCC(C)C(=NOCC=Cc1ccccc1)C(=O)O. The highest BCUT2D eigenvalue weighted by molar-refractivity contribution is 6.36. The van der Waals surface area contributed by atoms with Gasteiger partial charge in [-0.2, -0.15) is 0 Å². The van der Waals surface area contributed by atoms with Gasteiger partial charge in [-0.05, 0) is 18.1 Å². The second kappa shape index (κ2) is 8.08. The van der Waals surface area contributed by atoms with Gasteiger partial charge in [0.15, 0.2) is 5.71 Å². The number of nitrogens with zero attached hydrogens (tertiary/aromatic N) is 1. The molecule has 0 saturated heterocycles. The summed E-state index contributed by atoms with van der Waals surface area (Å²) in [5.41, 5.74) is 1.13. The van der Waals surface area contributed by atoms with Crippen LogP contribution in [0.2, 0.25) is 0 Å². The van der Waals surface area contributed by atoms with E-state index in [4.69, 9.17) is 9.94 Å². The molecule has 1 atom stereocenters. The Morgan fingerprint density at radius 3 is 2.68 bits per heavy atom. The maximum atomic E-state index is 11.0.